The molecule has 6 aromatic rings. The number of thiophene rings is 2. The van der Waals surface area contributed by atoms with Gasteiger partial charge in [-0.05, 0) is 0 Å². The molecule has 0 unspecified atom stereocenters. The van der Waals surface area contributed by atoms with E-state index in [4.69, 9.17) is 37.9 Å². The Hall–Kier alpha value is -4.09. The zero-order chi connectivity index (χ0) is 38.0. The van der Waals surface area contributed by atoms with Gasteiger partial charge in [-0.2, -0.15) is 0 Å². The molecule has 2 atom stereocenters. The number of halogens is 3. The molecular formula is C38H32Cl2IN8O3S2-. The van der Waals surface area contributed by atoms with Crippen LogP contribution in [0.4, 0.5) is 0 Å². The van der Waals surface area contributed by atoms with E-state index in [1.54, 1.807) is 22.7 Å². The summed E-state index contributed by atoms with van der Waals surface area (Å²) in [6.07, 6.45) is 0.154. The van der Waals surface area contributed by atoms with Crippen LogP contribution in [-0.4, -0.2) is 57.8 Å². The number of nitrogens with zero attached hydrogens (tertiary/aromatic N) is 8. The molecule has 0 saturated carbocycles. The SMILES string of the molecule is COC(=O)C[C@@H]1N=C(c2ccc(Cl)cc2)c2c(sc([I-]C(=O)C[C@@H]3N=C(c4ccc(Cl)cc4)c4c(sc(C)c4C)-n4c(C)nnc43)c2C)-n2c(C)nnc21. The van der Waals surface area contributed by atoms with E-state index in [0.717, 1.165) is 57.8 Å². The number of benzene rings is 2. The molecule has 0 aliphatic carbocycles. The van der Waals surface area contributed by atoms with Crippen molar-refractivity contribution in [2.75, 3.05) is 7.11 Å². The second-order valence-electron chi connectivity index (χ2n) is 13.0. The Bertz CT molecular complexity index is 2550. The van der Waals surface area contributed by atoms with Crippen LogP contribution in [-0.2, 0) is 14.3 Å². The Balaban J connectivity index is 1.21. The maximum absolute atomic E-state index is 14.4. The van der Waals surface area contributed by atoms with Gasteiger partial charge in [0.2, 0.25) is 0 Å². The van der Waals surface area contributed by atoms with Crippen molar-refractivity contribution < 1.29 is 35.5 Å². The number of aliphatic imine (C=N–C) groups is 2. The first-order chi connectivity index (χ1) is 25.9. The van der Waals surface area contributed by atoms with Gasteiger partial charge in [0.1, 0.15) is 0 Å². The second kappa shape index (κ2) is 14.5. The molecule has 0 amide bonds. The molecule has 4 aromatic heterocycles. The number of methoxy groups -OCH3 is 1. The van der Waals surface area contributed by atoms with Gasteiger partial charge >= 0.3 is 342 Å². The topological polar surface area (TPSA) is 130 Å². The van der Waals surface area contributed by atoms with Gasteiger partial charge in [0, 0.05) is 0 Å². The van der Waals surface area contributed by atoms with Gasteiger partial charge in [0.15, 0.2) is 0 Å². The van der Waals surface area contributed by atoms with Crippen molar-refractivity contribution in [1.29, 1.82) is 0 Å². The summed E-state index contributed by atoms with van der Waals surface area (Å²) < 4.78 is 10.2. The van der Waals surface area contributed by atoms with Gasteiger partial charge in [-0.3, -0.25) is 0 Å². The zero-order valence-corrected chi connectivity index (χ0v) is 35.2. The van der Waals surface area contributed by atoms with Crippen molar-refractivity contribution in [1.82, 2.24) is 29.5 Å². The number of carbonyl (C=O) groups is 2. The van der Waals surface area contributed by atoms with Gasteiger partial charge in [0.25, 0.3) is 0 Å². The van der Waals surface area contributed by atoms with Gasteiger partial charge in [0.05, 0.1) is 0 Å². The van der Waals surface area contributed by atoms with Crippen LogP contribution in [0.2, 0.25) is 10.0 Å². The summed E-state index contributed by atoms with van der Waals surface area (Å²) in [6, 6.07) is 13.9. The van der Waals surface area contributed by atoms with E-state index in [1.165, 1.54) is 12.0 Å². The summed E-state index contributed by atoms with van der Waals surface area (Å²) in [4.78, 5) is 38.7. The van der Waals surface area contributed by atoms with E-state index in [-0.39, 0.29) is 16.6 Å². The minimum atomic E-state index is -1.18. The molecule has 0 saturated heterocycles. The maximum atomic E-state index is 14.4. The summed E-state index contributed by atoms with van der Waals surface area (Å²) in [7, 11) is 1.36. The van der Waals surface area contributed by atoms with Crippen molar-refractivity contribution in [3.8, 4) is 10.0 Å². The first kappa shape index (κ1) is 36.9. The zero-order valence-electron chi connectivity index (χ0n) is 29.9. The van der Waals surface area contributed by atoms with Crippen molar-refractivity contribution in [3.05, 3.63) is 123 Å². The van der Waals surface area contributed by atoms with Crippen molar-refractivity contribution in [2.45, 2.75) is 59.5 Å². The minimum absolute atomic E-state index is 0.00628. The van der Waals surface area contributed by atoms with Crippen LogP contribution in [0.15, 0.2) is 58.5 Å². The predicted molar refractivity (Wildman–Crippen MR) is 207 cm³/mol. The van der Waals surface area contributed by atoms with Crippen LogP contribution in [0.25, 0.3) is 10.0 Å². The molecule has 16 heteroatoms. The summed E-state index contributed by atoms with van der Waals surface area (Å²) in [5, 5.41) is 21.0. The third-order valence-corrected chi connectivity index (χ3v) is 15.8. The Morgan fingerprint density at radius 2 is 1.19 bits per heavy atom. The molecule has 0 bridgehead atoms. The number of hydrogen-bond donors (Lipinski definition) is 0. The normalized spacial score (nSPS) is 16.1. The number of fused-ring (bicyclic) bond motifs is 6. The Kier molecular flexibility index (Phi) is 9.92. The van der Waals surface area contributed by atoms with Crippen molar-refractivity contribution >= 4 is 67.1 Å². The Morgan fingerprint density at radius 3 is 1.70 bits per heavy atom. The van der Waals surface area contributed by atoms with Crippen LogP contribution < -0.4 is 21.2 Å². The molecule has 8 rings (SSSR count). The average Bonchev–Trinajstić information content (AvgIpc) is 3.84. The first-order valence-corrected chi connectivity index (χ1v) is 21.5. The number of aromatic nitrogens is 6. The van der Waals surface area contributed by atoms with E-state index in [0.29, 0.717) is 33.2 Å². The third-order valence-electron chi connectivity index (χ3n) is 9.55. The molecule has 0 radical (unpaired) electrons. The Labute approximate surface area is 339 Å². The number of esters is 1. The quantitative estimate of drug-likeness (QED) is 0.119. The van der Waals surface area contributed by atoms with Crippen molar-refractivity contribution in [3.63, 3.8) is 0 Å². The molecule has 6 heterocycles. The number of aryl methyl sites for hydroxylation is 3. The molecule has 276 valence electrons. The van der Waals surface area contributed by atoms with Crippen LogP contribution in [0.3, 0.4) is 0 Å². The van der Waals surface area contributed by atoms with Gasteiger partial charge in [-0.15, -0.1) is 0 Å². The third kappa shape index (κ3) is 6.44. The van der Waals surface area contributed by atoms with Gasteiger partial charge in [-0.1, -0.05) is 0 Å². The van der Waals surface area contributed by atoms with Crippen molar-refractivity contribution in [2.24, 2.45) is 9.98 Å². The van der Waals surface area contributed by atoms with Crippen LogP contribution in [0, 0.1) is 37.5 Å². The fourth-order valence-electron chi connectivity index (χ4n) is 6.74. The van der Waals surface area contributed by atoms with Crippen LogP contribution >= 0.6 is 45.9 Å². The molecule has 0 N–H and O–H groups in total. The summed E-state index contributed by atoms with van der Waals surface area (Å²) in [5.41, 5.74) is 7.24. The Morgan fingerprint density at radius 1 is 0.704 bits per heavy atom. The summed E-state index contributed by atoms with van der Waals surface area (Å²) in [5.74, 6) is 2.17. The first-order valence-electron chi connectivity index (χ1n) is 16.9. The van der Waals surface area contributed by atoms with Crippen LogP contribution in [0.1, 0.15) is 86.5 Å². The average molecular weight is 911 g/mol. The summed E-state index contributed by atoms with van der Waals surface area (Å²) >= 11 is 14.7. The molecule has 2 aliphatic heterocycles. The molecule has 2 aliphatic rings. The van der Waals surface area contributed by atoms with Gasteiger partial charge < -0.3 is 0 Å². The molecule has 0 fully saturated rings. The second-order valence-corrected chi connectivity index (χ2v) is 19.6. The summed E-state index contributed by atoms with van der Waals surface area (Å²) in [6.45, 7) is 10.1. The molecule has 0 spiro atoms. The van der Waals surface area contributed by atoms with E-state index in [9.17, 15) is 9.59 Å². The molecule has 54 heavy (non-hydrogen) atoms. The number of ether oxygens (including phenoxy) is 1. The number of hydrogen-bond acceptors (Lipinski definition) is 11. The molecular weight excluding hydrogens is 878 g/mol. The molecule has 2 aromatic carbocycles. The van der Waals surface area contributed by atoms with E-state index < -0.39 is 39.3 Å². The predicted octanol–water partition coefficient (Wildman–Crippen LogP) is 5.04. The van der Waals surface area contributed by atoms with E-state index in [2.05, 4.69) is 38.8 Å². The fraction of sp³-hybridized carbons (Fsp3) is 0.263. The van der Waals surface area contributed by atoms with E-state index >= 15 is 0 Å². The molecule has 11 nitrogen and oxygen atoms in total. The van der Waals surface area contributed by atoms with Crippen LogP contribution in [0.5, 0.6) is 0 Å². The van der Waals surface area contributed by atoms with E-state index in [1.807, 2.05) is 73.9 Å². The van der Waals surface area contributed by atoms with Gasteiger partial charge in [-0.25, -0.2) is 0 Å². The fourth-order valence-corrected chi connectivity index (χ4v) is 12.7. The number of rotatable bonds is 8. The standard InChI is InChI=1S/C38H32Cl2IN8O3S2/c1-17-19(3)53-37-30(17)32(22-7-11-24(39)12-8-22)42-26(35-46-44-20(4)48(35)37)15-28(50)41-34-18(2)31-33(23-9-13-25(40)14-10-23)43-27(16-29(51)52-6)36-47-45-21(5)49(36)38(31)54-34/h7-14,26-27H,15-16H2,1-6H3/q-1/t26-,27-/m0/s1. The number of carbonyl (C=O) groups excluding carboxylic acids is 2. The monoisotopic (exact) mass is 909 g/mol.